The molecular weight excluding hydrogens is 375 g/mol. The Balaban J connectivity index is 1.80. The first-order valence-corrected chi connectivity index (χ1v) is 9.11. The van der Waals surface area contributed by atoms with Crippen molar-refractivity contribution >= 4 is 32.6 Å². The fraction of sp³-hybridized carbons (Fsp3) is 0.538. The van der Waals surface area contributed by atoms with Crippen molar-refractivity contribution in [3.63, 3.8) is 0 Å². The van der Waals surface area contributed by atoms with E-state index < -0.39 is 10.0 Å². The van der Waals surface area contributed by atoms with Crippen LogP contribution in [0.3, 0.4) is 0 Å². The molecule has 19 heavy (non-hydrogen) atoms. The zero-order valence-electron chi connectivity index (χ0n) is 10.5. The molecule has 1 saturated carbocycles. The first-order valence-electron chi connectivity index (χ1n) is 6.55. The summed E-state index contributed by atoms with van der Waals surface area (Å²) >= 11 is 2.17. The van der Waals surface area contributed by atoms with Gasteiger partial charge in [0.05, 0.1) is 4.90 Å². The van der Waals surface area contributed by atoms with E-state index in [2.05, 4.69) is 32.6 Å². The minimum Gasteiger partial charge on any atom is -0.312 e. The second-order valence-electron chi connectivity index (χ2n) is 5.36. The first kappa shape index (κ1) is 13.8. The lowest BCUT2D eigenvalue weighted by atomic mass is 10.1. The molecule has 1 aromatic rings. The van der Waals surface area contributed by atoms with Crippen LogP contribution in [0, 0.1) is 3.57 Å². The number of hydrogen-bond acceptors (Lipinski definition) is 3. The quantitative estimate of drug-likeness (QED) is 0.770. The SMILES string of the molecule is O=S(=O)(NC1(C2CCCN2)CC1)c1ccc(I)cc1. The summed E-state index contributed by atoms with van der Waals surface area (Å²) in [5, 5.41) is 3.41. The van der Waals surface area contributed by atoms with Crippen LogP contribution in [-0.4, -0.2) is 26.5 Å². The molecule has 4 nitrogen and oxygen atoms in total. The molecule has 1 aliphatic heterocycles. The van der Waals surface area contributed by atoms with Gasteiger partial charge in [0.1, 0.15) is 0 Å². The molecule has 1 heterocycles. The predicted octanol–water partition coefficient (Wildman–Crippen LogP) is 1.85. The molecule has 1 atom stereocenters. The fourth-order valence-corrected chi connectivity index (χ4v) is 4.61. The van der Waals surface area contributed by atoms with E-state index in [0.717, 1.165) is 35.8 Å². The molecule has 0 aromatic heterocycles. The summed E-state index contributed by atoms with van der Waals surface area (Å²) in [7, 11) is -3.40. The monoisotopic (exact) mass is 392 g/mol. The fourth-order valence-electron chi connectivity index (χ4n) is 2.75. The van der Waals surface area contributed by atoms with Gasteiger partial charge in [0.25, 0.3) is 0 Å². The molecule has 104 valence electrons. The van der Waals surface area contributed by atoms with Crippen LogP contribution in [0.5, 0.6) is 0 Å². The van der Waals surface area contributed by atoms with Crippen LogP contribution in [0.25, 0.3) is 0 Å². The van der Waals surface area contributed by atoms with E-state index in [-0.39, 0.29) is 5.54 Å². The first-order chi connectivity index (χ1) is 9.02. The molecule has 6 heteroatoms. The summed E-state index contributed by atoms with van der Waals surface area (Å²) in [6.07, 6.45) is 4.08. The highest BCUT2D eigenvalue weighted by atomic mass is 127. The van der Waals surface area contributed by atoms with Gasteiger partial charge in [-0.15, -0.1) is 0 Å². The molecule has 0 radical (unpaired) electrons. The Morgan fingerprint density at radius 1 is 1.26 bits per heavy atom. The summed E-state index contributed by atoms with van der Waals surface area (Å²) in [4.78, 5) is 0.359. The zero-order valence-corrected chi connectivity index (χ0v) is 13.5. The molecular formula is C13H17IN2O2S. The molecule has 2 fully saturated rings. The lowest BCUT2D eigenvalue weighted by Gasteiger charge is -2.24. The van der Waals surface area contributed by atoms with Gasteiger partial charge in [0.2, 0.25) is 10.0 Å². The van der Waals surface area contributed by atoms with Gasteiger partial charge in [-0.05, 0) is 79.1 Å². The minimum atomic E-state index is -3.40. The Labute approximate surface area is 127 Å². The average molecular weight is 392 g/mol. The van der Waals surface area contributed by atoms with Crippen LogP contribution in [0.1, 0.15) is 25.7 Å². The third kappa shape index (κ3) is 2.81. The number of nitrogens with one attached hydrogen (secondary N) is 2. The van der Waals surface area contributed by atoms with Gasteiger partial charge in [0, 0.05) is 15.2 Å². The third-order valence-corrected chi connectivity index (χ3v) is 6.26. The van der Waals surface area contributed by atoms with Gasteiger partial charge < -0.3 is 5.32 Å². The van der Waals surface area contributed by atoms with Crippen LogP contribution < -0.4 is 10.0 Å². The second-order valence-corrected chi connectivity index (χ2v) is 8.29. The highest BCUT2D eigenvalue weighted by Gasteiger charge is 2.52. The summed E-state index contributed by atoms with van der Waals surface area (Å²) in [6.45, 7) is 0.998. The Morgan fingerprint density at radius 2 is 1.95 bits per heavy atom. The number of hydrogen-bond donors (Lipinski definition) is 2. The molecule has 1 unspecified atom stereocenters. The maximum absolute atomic E-state index is 12.4. The number of halogens is 1. The largest absolute Gasteiger partial charge is 0.312 e. The van der Waals surface area contributed by atoms with Crippen molar-refractivity contribution in [1.29, 1.82) is 0 Å². The standard InChI is InChI=1S/C13H17IN2O2S/c14-10-3-5-11(6-4-10)19(17,18)16-13(7-8-13)12-2-1-9-15-12/h3-6,12,15-16H,1-2,7-9H2. The lowest BCUT2D eigenvalue weighted by molar-refractivity contribution is 0.430. The van der Waals surface area contributed by atoms with Crippen LogP contribution in [-0.2, 0) is 10.0 Å². The Kier molecular flexibility index (Phi) is 3.61. The van der Waals surface area contributed by atoms with E-state index in [1.54, 1.807) is 12.1 Å². The predicted molar refractivity (Wildman–Crippen MR) is 82.5 cm³/mol. The highest BCUT2D eigenvalue weighted by molar-refractivity contribution is 14.1. The molecule has 3 rings (SSSR count). The Morgan fingerprint density at radius 3 is 2.47 bits per heavy atom. The molecule has 0 amide bonds. The average Bonchev–Trinajstić information content (AvgIpc) is 2.93. The number of sulfonamides is 1. The van der Waals surface area contributed by atoms with Crippen LogP contribution in [0.4, 0.5) is 0 Å². The van der Waals surface area contributed by atoms with Gasteiger partial charge in [0.15, 0.2) is 0 Å². The second kappa shape index (κ2) is 4.98. The van der Waals surface area contributed by atoms with Crippen molar-refractivity contribution in [2.45, 2.75) is 42.2 Å². The van der Waals surface area contributed by atoms with Crippen LogP contribution >= 0.6 is 22.6 Å². The third-order valence-electron chi connectivity index (χ3n) is 3.98. The molecule has 1 aliphatic carbocycles. The molecule has 2 N–H and O–H groups in total. The molecule has 1 saturated heterocycles. The van der Waals surface area contributed by atoms with Crippen molar-refractivity contribution in [2.24, 2.45) is 0 Å². The maximum Gasteiger partial charge on any atom is 0.241 e. The van der Waals surface area contributed by atoms with E-state index in [1.165, 1.54) is 0 Å². The van der Waals surface area contributed by atoms with Crippen LogP contribution in [0.2, 0.25) is 0 Å². The van der Waals surface area contributed by atoms with Crippen molar-refractivity contribution < 1.29 is 8.42 Å². The van der Waals surface area contributed by atoms with E-state index in [1.807, 2.05) is 12.1 Å². The minimum absolute atomic E-state index is 0.238. The summed E-state index contributed by atoms with van der Waals surface area (Å²) < 4.78 is 28.8. The summed E-state index contributed by atoms with van der Waals surface area (Å²) in [5.41, 5.74) is -0.238. The smallest absolute Gasteiger partial charge is 0.241 e. The summed E-state index contributed by atoms with van der Waals surface area (Å²) in [6, 6.07) is 7.28. The maximum atomic E-state index is 12.4. The topological polar surface area (TPSA) is 58.2 Å². The van der Waals surface area contributed by atoms with Gasteiger partial charge >= 0.3 is 0 Å². The molecule has 0 spiro atoms. The number of benzene rings is 1. The number of rotatable bonds is 4. The van der Waals surface area contributed by atoms with Crippen molar-refractivity contribution in [2.75, 3.05) is 6.54 Å². The van der Waals surface area contributed by atoms with Gasteiger partial charge in [-0.2, -0.15) is 0 Å². The summed E-state index contributed by atoms with van der Waals surface area (Å²) in [5.74, 6) is 0. The van der Waals surface area contributed by atoms with Gasteiger partial charge in [-0.3, -0.25) is 0 Å². The zero-order chi connectivity index (χ0) is 13.5. The molecule has 0 bridgehead atoms. The van der Waals surface area contributed by atoms with Crippen molar-refractivity contribution in [1.82, 2.24) is 10.0 Å². The van der Waals surface area contributed by atoms with E-state index in [4.69, 9.17) is 0 Å². The van der Waals surface area contributed by atoms with Gasteiger partial charge in [-0.25, -0.2) is 13.1 Å². The van der Waals surface area contributed by atoms with Gasteiger partial charge in [-0.1, -0.05) is 0 Å². The van der Waals surface area contributed by atoms with E-state index in [0.29, 0.717) is 10.9 Å². The van der Waals surface area contributed by atoms with E-state index >= 15 is 0 Å². The molecule has 1 aromatic carbocycles. The van der Waals surface area contributed by atoms with Crippen molar-refractivity contribution in [3.8, 4) is 0 Å². The van der Waals surface area contributed by atoms with Crippen molar-refractivity contribution in [3.05, 3.63) is 27.8 Å². The van der Waals surface area contributed by atoms with E-state index in [9.17, 15) is 8.42 Å². The highest BCUT2D eigenvalue weighted by Crippen LogP contribution is 2.42. The van der Waals surface area contributed by atoms with Crippen LogP contribution in [0.15, 0.2) is 29.2 Å². The normalized spacial score (nSPS) is 25.4. The lowest BCUT2D eigenvalue weighted by Crippen LogP contribution is -2.49. The Bertz CT molecular complexity index is 561. The Hall–Kier alpha value is -0.180. The molecule has 2 aliphatic rings.